The quantitative estimate of drug-likeness (QED) is 0.147. The van der Waals surface area contributed by atoms with E-state index in [2.05, 4.69) is 20.5 Å². The van der Waals surface area contributed by atoms with Crippen molar-refractivity contribution >= 4 is 53.8 Å². The van der Waals surface area contributed by atoms with Gasteiger partial charge in [-0.05, 0) is 78.5 Å². The SMILES string of the molecule is Cc1cc(N=Nc2c(S(=O)(=O)O)cc3cc(O)ccc3c2O)c(S(=O)(=O)O)cc1N=Nc1ccc(O)cc1. The Bertz CT molecular complexity index is 1850. The molecule has 0 atom stereocenters. The summed E-state index contributed by atoms with van der Waals surface area (Å²) in [6, 6.07) is 12.4. The molecule has 4 rings (SSSR count). The van der Waals surface area contributed by atoms with Gasteiger partial charge in [0.15, 0.2) is 5.75 Å². The predicted molar refractivity (Wildman–Crippen MR) is 135 cm³/mol. The highest BCUT2D eigenvalue weighted by Gasteiger charge is 2.23. The lowest BCUT2D eigenvalue weighted by atomic mass is 10.1. The second-order valence-corrected chi connectivity index (χ2v) is 10.7. The van der Waals surface area contributed by atoms with E-state index >= 15 is 0 Å². The molecule has 0 saturated carbocycles. The lowest BCUT2D eigenvalue weighted by molar-refractivity contribution is 0.470. The first-order valence-corrected chi connectivity index (χ1v) is 13.3. The van der Waals surface area contributed by atoms with Crippen molar-refractivity contribution in [3.05, 3.63) is 66.2 Å². The standard InChI is InChI=1S/C23H18N4O9S2/c1-12-8-19(20(37(31,32)33)11-18(12)25-24-14-2-4-15(28)5-3-14)26-27-22-21(38(34,35)36)10-13-9-16(29)6-7-17(13)23(22)30/h2-11,28-30H,1H3,(H,31,32,33)(H,34,35,36). The van der Waals surface area contributed by atoms with E-state index in [0.717, 1.165) is 18.2 Å². The van der Waals surface area contributed by atoms with Crippen molar-refractivity contribution in [1.82, 2.24) is 0 Å². The number of fused-ring (bicyclic) bond motifs is 1. The van der Waals surface area contributed by atoms with Crippen molar-refractivity contribution < 1.29 is 41.3 Å². The molecule has 0 fully saturated rings. The van der Waals surface area contributed by atoms with Gasteiger partial charge in [0.2, 0.25) is 0 Å². The predicted octanol–water partition coefficient (Wildman–Crippen LogP) is 5.59. The number of phenols is 3. The van der Waals surface area contributed by atoms with Crippen LogP contribution in [0.25, 0.3) is 10.8 Å². The number of benzene rings is 4. The fourth-order valence-corrected chi connectivity index (χ4v) is 4.70. The number of hydrogen-bond donors (Lipinski definition) is 5. The normalized spacial score (nSPS) is 12.6. The molecule has 15 heteroatoms. The molecule has 0 aliphatic rings. The summed E-state index contributed by atoms with van der Waals surface area (Å²) in [5, 5.41) is 45.1. The average molecular weight is 559 g/mol. The highest BCUT2D eigenvalue weighted by molar-refractivity contribution is 7.86. The minimum absolute atomic E-state index is 0.0104. The Morgan fingerprint density at radius 3 is 1.87 bits per heavy atom. The molecule has 5 N–H and O–H groups in total. The van der Waals surface area contributed by atoms with E-state index in [4.69, 9.17) is 0 Å². The van der Waals surface area contributed by atoms with Gasteiger partial charge in [0, 0.05) is 5.39 Å². The summed E-state index contributed by atoms with van der Waals surface area (Å²) in [4.78, 5) is -1.61. The molecule has 0 radical (unpaired) electrons. The molecular formula is C23H18N4O9S2. The third kappa shape index (κ3) is 5.60. The second-order valence-electron chi connectivity index (χ2n) is 7.95. The third-order valence-electron chi connectivity index (χ3n) is 5.25. The first-order chi connectivity index (χ1) is 17.7. The van der Waals surface area contributed by atoms with Gasteiger partial charge >= 0.3 is 0 Å². The van der Waals surface area contributed by atoms with E-state index < -0.39 is 47.2 Å². The monoisotopic (exact) mass is 558 g/mol. The molecule has 0 aliphatic carbocycles. The molecule has 4 aromatic rings. The van der Waals surface area contributed by atoms with Gasteiger partial charge in [-0.25, -0.2) is 0 Å². The van der Waals surface area contributed by atoms with Crippen molar-refractivity contribution in [2.75, 3.05) is 0 Å². The molecule has 0 heterocycles. The Labute approximate surface area is 215 Å². The maximum atomic E-state index is 12.1. The van der Waals surface area contributed by atoms with Crippen LogP contribution in [0.5, 0.6) is 17.2 Å². The Kier molecular flexibility index (Phi) is 6.86. The Balaban J connectivity index is 1.85. The molecule has 13 nitrogen and oxygen atoms in total. The fraction of sp³-hybridized carbons (Fsp3) is 0.0435. The molecule has 0 bridgehead atoms. The second kappa shape index (κ2) is 9.79. The van der Waals surface area contributed by atoms with Crippen LogP contribution in [0.2, 0.25) is 0 Å². The van der Waals surface area contributed by atoms with Crippen LogP contribution in [0.3, 0.4) is 0 Å². The van der Waals surface area contributed by atoms with Crippen LogP contribution in [0.15, 0.2) is 90.9 Å². The lowest BCUT2D eigenvalue weighted by Crippen LogP contribution is -2.00. The highest BCUT2D eigenvalue weighted by atomic mass is 32.2. The van der Waals surface area contributed by atoms with E-state index in [1.54, 1.807) is 0 Å². The maximum absolute atomic E-state index is 12.1. The minimum atomic E-state index is -4.96. The van der Waals surface area contributed by atoms with Gasteiger partial charge < -0.3 is 15.3 Å². The van der Waals surface area contributed by atoms with Crippen molar-refractivity contribution in [3.63, 3.8) is 0 Å². The molecule has 0 spiro atoms. The van der Waals surface area contributed by atoms with Crippen LogP contribution in [0.1, 0.15) is 5.56 Å². The number of phenolic OH excluding ortho intramolecular Hbond substituents is 3. The van der Waals surface area contributed by atoms with Crippen LogP contribution in [0.4, 0.5) is 22.7 Å². The molecule has 0 aliphatic heterocycles. The number of aryl methyl sites for hydroxylation is 1. The van der Waals surface area contributed by atoms with Gasteiger partial charge in [-0.15, -0.1) is 10.2 Å². The molecule has 0 saturated heterocycles. The number of rotatable bonds is 6. The first-order valence-electron chi connectivity index (χ1n) is 10.4. The van der Waals surface area contributed by atoms with E-state index in [-0.39, 0.29) is 28.0 Å². The van der Waals surface area contributed by atoms with E-state index in [1.165, 1.54) is 49.4 Å². The van der Waals surface area contributed by atoms with Crippen LogP contribution >= 0.6 is 0 Å². The zero-order valence-electron chi connectivity index (χ0n) is 19.2. The van der Waals surface area contributed by atoms with E-state index in [9.17, 15) is 41.3 Å². The fourth-order valence-electron chi connectivity index (χ4n) is 3.42. The zero-order chi connectivity index (χ0) is 27.8. The number of nitrogens with zero attached hydrogens (tertiary/aromatic N) is 4. The Morgan fingerprint density at radius 2 is 1.24 bits per heavy atom. The van der Waals surface area contributed by atoms with Gasteiger partial charge in [-0.3, -0.25) is 9.11 Å². The summed E-state index contributed by atoms with van der Waals surface area (Å²) in [6.45, 7) is 1.53. The summed E-state index contributed by atoms with van der Waals surface area (Å²) in [5.74, 6) is -0.942. The van der Waals surface area contributed by atoms with Crippen LogP contribution < -0.4 is 0 Å². The number of hydrogen-bond acceptors (Lipinski definition) is 11. The summed E-state index contributed by atoms with van der Waals surface area (Å²) < 4.78 is 67.6. The van der Waals surface area contributed by atoms with Gasteiger partial charge in [0.1, 0.15) is 32.7 Å². The summed E-state index contributed by atoms with van der Waals surface area (Å²) in [6.07, 6.45) is 0. The van der Waals surface area contributed by atoms with Crippen LogP contribution in [-0.4, -0.2) is 41.3 Å². The van der Waals surface area contributed by atoms with Crippen molar-refractivity contribution in [3.8, 4) is 17.2 Å². The zero-order valence-corrected chi connectivity index (χ0v) is 20.9. The molecule has 0 amide bonds. The largest absolute Gasteiger partial charge is 0.508 e. The van der Waals surface area contributed by atoms with Gasteiger partial charge in [-0.1, -0.05) is 0 Å². The maximum Gasteiger partial charge on any atom is 0.296 e. The van der Waals surface area contributed by atoms with Gasteiger partial charge in [0.05, 0.1) is 11.4 Å². The first kappa shape index (κ1) is 26.6. The van der Waals surface area contributed by atoms with Crippen molar-refractivity contribution in [1.29, 1.82) is 0 Å². The van der Waals surface area contributed by atoms with Gasteiger partial charge in [-0.2, -0.15) is 27.1 Å². The van der Waals surface area contributed by atoms with Crippen LogP contribution in [0, 0.1) is 6.92 Å². The topological polar surface area (TPSA) is 219 Å². The molecular weight excluding hydrogens is 540 g/mol. The highest BCUT2D eigenvalue weighted by Crippen LogP contribution is 2.43. The molecule has 4 aromatic carbocycles. The van der Waals surface area contributed by atoms with Crippen molar-refractivity contribution in [2.24, 2.45) is 20.5 Å². The molecule has 196 valence electrons. The Hall–Kier alpha value is -4.44. The van der Waals surface area contributed by atoms with E-state index in [1.807, 2.05) is 0 Å². The molecule has 38 heavy (non-hydrogen) atoms. The van der Waals surface area contributed by atoms with Crippen molar-refractivity contribution in [2.45, 2.75) is 16.7 Å². The summed E-state index contributed by atoms with van der Waals surface area (Å²) >= 11 is 0. The number of azo groups is 2. The van der Waals surface area contributed by atoms with Gasteiger partial charge in [0.25, 0.3) is 20.2 Å². The average Bonchev–Trinajstić information content (AvgIpc) is 2.82. The summed E-state index contributed by atoms with van der Waals surface area (Å²) in [5.41, 5.74) is -0.420. The smallest absolute Gasteiger partial charge is 0.296 e. The third-order valence-corrected chi connectivity index (χ3v) is 7.00. The van der Waals surface area contributed by atoms with E-state index in [0.29, 0.717) is 11.3 Å². The molecule has 0 aromatic heterocycles. The van der Waals surface area contributed by atoms with Crippen LogP contribution in [-0.2, 0) is 20.2 Å². The minimum Gasteiger partial charge on any atom is -0.508 e. The molecule has 0 unspecified atom stereocenters. The lowest BCUT2D eigenvalue weighted by Gasteiger charge is -2.10. The number of aromatic hydroxyl groups is 3. The Morgan fingerprint density at radius 1 is 0.632 bits per heavy atom. The summed E-state index contributed by atoms with van der Waals surface area (Å²) in [7, 11) is -9.86.